The highest BCUT2D eigenvalue weighted by atomic mass is 32.2. The number of amides is 1. The van der Waals surface area contributed by atoms with E-state index in [0.29, 0.717) is 42.8 Å². The van der Waals surface area contributed by atoms with Gasteiger partial charge in [0.2, 0.25) is 15.9 Å². The Morgan fingerprint density at radius 3 is 2.62 bits per heavy atom. The van der Waals surface area contributed by atoms with E-state index in [-0.39, 0.29) is 17.2 Å². The van der Waals surface area contributed by atoms with Crippen LogP contribution in [0.25, 0.3) is 11.3 Å². The Morgan fingerprint density at radius 2 is 1.91 bits per heavy atom. The Balaban J connectivity index is 1.32. The summed E-state index contributed by atoms with van der Waals surface area (Å²) in [6.45, 7) is 7.29. The van der Waals surface area contributed by atoms with Gasteiger partial charge in [-0.15, -0.1) is 0 Å². The van der Waals surface area contributed by atoms with Crippen molar-refractivity contribution in [3.63, 3.8) is 0 Å². The van der Waals surface area contributed by atoms with Crippen molar-refractivity contribution >= 4 is 21.6 Å². The summed E-state index contributed by atoms with van der Waals surface area (Å²) in [6, 6.07) is 12.4. The van der Waals surface area contributed by atoms with Crippen LogP contribution in [0.2, 0.25) is 0 Å². The predicted octanol–water partition coefficient (Wildman–Crippen LogP) is 4.95. The minimum absolute atomic E-state index is 0.189. The zero-order valence-corrected chi connectivity index (χ0v) is 20.7. The number of anilines is 1. The fourth-order valence-corrected chi connectivity index (χ4v) is 5.72. The molecule has 7 nitrogen and oxygen atoms in total. The largest absolute Gasteiger partial charge is 0.441 e. The van der Waals surface area contributed by atoms with Crippen LogP contribution in [0.3, 0.4) is 0 Å². The average molecular weight is 482 g/mol. The smallest absolute Gasteiger partial charge is 0.243 e. The fraction of sp³-hybridized carbons (Fsp3) is 0.385. The second kappa shape index (κ2) is 10.1. The summed E-state index contributed by atoms with van der Waals surface area (Å²) in [4.78, 5) is 16.9. The number of piperidine rings is 1. The van der Waals surface area contributed by atoms with Crippen molar-refractivity contribution in [2.75, 3.05) is 18.4 Å². The van der Waals surface area contributed by atoms with Gasteiger partial charge in [0, 0.05) is 37.2 Å². The first-order chi connectivity index (χ1) is 16.2. The van der Waals surface area contributed by atoms with Crippen LogP contribution in [0.5, 0.6) is 0 Å². The summed E-state index contributed by atoms with van der Waals surface area (Å²) < 4.78 is 33.1. The first kappa shape index (κ1) is 24.2. The second-order valence-electron chi connectivity index (χ2n) is 9.10. The van der Waals surface area contributed by atoms with Gasteiger partial charge in [0.1, 0.15) is 0 Å². The first-order valence-electron chi connectivity index (χ1n) is 11.6. The van der Waals surface area contributed by atoms with Crippen molar-refractivity contribution < 1.29 is 17.6 Å². The zero-order chi connectivity index (χ0) is 24.3. The van der Waals surface area contributed by atoms with Crippen LogP contribution >= 0.6 is 0 Å². The molecule has 180 valence electrons. The molecule has 1 amide bonds. The topological polar surface area (TPSA) is 92.5 Å². The van der Waals surface area contributed by atoms with E-state index in [1.54, 1.807) is 34.8 Å². The number of oxazole rings is 1. The lowest BCUT2D eigenvalue weighted by Gasteiger charge is -2.30. The van der Waals surface area contributed by atoms with Gasteiger partial charge in [0.05, 0.1) is 11.1 Å². The van der Waals surface area contributed by atoms with Gasteiger partial charge >= 0.3 is 0 Å². The molecule has 1 N–H and O–H groups in total. The average Bonchev–Trinajstić information content (AvgIpc) is 3.29. The van der Waals surface area contributed by atoms with E-state index in [0.717, 1.165) is 18.4 Å². The number of hydrogen-bond acceptors (Lipinski definition) is 5. The molecule has 1 saturated heterocycles. The molecule has 2 aromatic carbocycles. The quantitative estimate of drug-likeness (QED) is 0.515. The number of aryl methyl sites for hydroxylation is 3. The zero-order valence-electron chi connectivity index (χ0n) is 19.9. The molecule has 0 bridgehead atoms. The summed E-state index contributed by atoms with van der Waals surface area (Å²) in [6.07, 6.45) is 4.19. The molecule has 8 heteroatoms. The minimum Gasteiger partial charge on any atom is -0.441 e. The third-order valence-electron chi connectivity index (χ3n) is 6.31. The Labute approximate surface area is 201 Å². The predicted molar refractivity (Wildman–Crippen MR) is 132 cm³/mol. The highest BCUT2D eigenvalue weighted by Gasteiger charge is 2.28. The van der Waals surface area contributed by atoms with Crippen LogP contribution in [-0.2, 0) is 21.2 Å². The highest BCUT2D eigenvalue weighted by Crippen LogP contribution is 2.25. The number of aromatic nitrogens is 1. The minimum atomic E-state index is -3.51. The van der Waals surface area contributed by atoms with Crippen molar-refractivity contribution in [3.05, 3.63) is 65.7 Å². The van der Waals surface area contributed by atoms with Crippen molar-refractivity contribution in [2.24, 2.45) is 5.92 Å². The third kappa shape index (κ3) is 5.56. The van der Waals surface area contributed by atoms with E-state index >= 15 is 0 Å². The summed E-state index contributed by atoms with van der Waals surface area (Å²) in [5.74, 6) is 1.35. The van der Waals surface area contributed by atoms with Crippen LogP contribution in [0.4, 0.5) is 5.69 Å². The van der Waals surface area contributed by atoms with Crippen molar-refractivity contribution in [1.29, 1.82) is 0 Å². The van der Waals surface area contributed by atoms with Crippen LogP contribution in [-0.4, -0.2) is 36.7 Å². The van der Waals surface area contributed by atoms with Crippen LogP contribution in [0.1, 0.15) is 43.2 Å². The monoisotopic (exact) mass is 481 g/mol. The lowest BCUT2D eigenvalue weighted by molar-refractivity contribution is -0.116. The maximum absolute atomic E-state index is 12.9. The van der Waals surface area contributed by atoms with Crippen molar-refractivity contribution in [2.45, 2.75) is 51.3 Å². The third-order valence-corrected chi connectivity index (χ3v) is 8.19. The molecule has 4 rings (SSSR count). The first-order valence-corrected chi connectivity index (χ1v) is 13.1. The number of nitrogens with one attached hydrogen (secondary N) is 1. The van der Waals surface area contributed by atoms with E-state index in [2.05, 4.69) is 37.1 Å². The second-order valence-corrected chi connectivity index (χ2v) is 11.0. The van der Waals surface area contributed by atoms with Crippen LogP contribution < -0.4 is 5.32 Å². The van der Waals surface area contributed by atoms with Gasteiger partial charge in [0.15, 0.2) is 11.7 Å². The van der Waals surface area contributed by atoms with Crippen molar-refractivity contribution in [1.82, 2.24) is 9.29 Å². The Morgan fingerprint density at radius 1 is 1.15 bits per heavy atom. The molecule has 1 aliphatic heterocycles. The molecule has 1 unspecified atom stereocenters. The molecule has 0 saturated carbocycles. The molecular weight excluding hydrogens is 450 g/mol. The van der Waals surface area contributed by atoms with E-state index in [1.807, 2.05) is 12.1 Å². The standard InChI is InChI=1S/C26H31N3O4S/c1-18-5-4-14-29(17-18)34(31,32)23-10-8-22(9-11-23)28-25(30)12-13-26-27-16-24(33-26)21-7-6-19(2)20(3)15-21/h6-11,15-16,18H,4-5,12-14,17H2,1-3H3,(H,28,30). The van der Waals surface area contributed by atoms with Gasteiger partial charge in [0.25, 0.3) is 0 Å². The van der Waals surface area contributed by atoms with E-state index in [9.17, 15) is 13.2 Å². The van der Waals surface area contributed by atoms with Gasteiger partial charge in [-0.1, -0.05) is 19.1 Å². The van der Waals surface area contributed by atoms with Gasteiger partial charge < -0.3 is 9.73 Å². The molecule has 0 aliphatic carbocycles. The lowest BCUT2D eigenvalue weighted by Crippen LogP contribution is -2.39. The van der Waals surface area contributed by atoms with E-state index in [1.165, 1.54) is 11.1 Å². The molecule has 2 heterocycles. The normalized spacial score (nSPS) is 17.0. The summed E-state index contributed by atoms with van der Waals surface area (Å²) >= 11 is 0. The number of sulfonamides is 1. The molecule has 1 atom stereocenters. The van der Waals surface area contributed by atoms with Gasteiger partial charge in [-0.3, -0.25) is 4.79 Å². The Bertz CT molecular complexity index is 1270. The maximum Gasteiger partial charge on any atom is 0.243 e. The molecule has 1 fully saturated rings. The van der Waals surface area contributed by atoms with Crippen LogP contribution in [0, 0.1) is 19.8 Å². The molecule has 0 spiro atoms. The number of carbonyl (C=O) groups excluding carboxylic acids is 1. The van der Waals surface area contributed by atoms with Crippen molar-refractivity contribution in [3.8, 4) is 11.3 Å². The summed E-state index contributed by atoms with van der Waals surface area (Å²) in [7, 11) is -3.51. The molecule has 1 aliphatic rings. The van der Waals surface area contributed by atoms with Gasteiger partial charge in [-0.05, 0) is 74.1 Å². The number of benzene rings is 2. The molecule has 3 aromatic rings. The number of carbonyl (C=O) groups is 1. The van der Waals surface area contributed by atoms with E-state index in [4.69, 9.17) is 4.42 Å². The summed E-state index contributed by atoms with van der Waals surface area (Å²) in [5.41, 5.74) is 3.91. The lowest BCUT2D eigenvalue weighted by atomic mass is 10.0. The number of nitrogens with zero attached hydrogens (tertiary/aromatic N) is 2. The van der Waals surface area contributed by atoms with E-state index < -0.39 is 10.0 Å². The molecule has 1 aromatic heterocycles. The summed E-state index contributed by atoms with van der Waals surface area (Å²) in [5, 5.41) is 2.81. The highest BCUT2D eigenvalue weighted by molar-refractivity contribution is 7.89. The fourth-order valence-electron chi connectivity index (χ4n) is 4.12. The molecule has 34 heavy (non-hydrogen) atoms. The Kier molecular flexibility index (Phi) is 7.19. The van der Waals surface area contributed by atoms with Crippen LogP contribution in [0.15, 0.2) is 58.0 Å². The molecule has 0 radical (unpaired) electrons. The number of hydrogen-bond donors (Lipinski definition) is 1. The van der Waals surface area contributed by atoms with Gasteiger partial charge in [-0.2, -0.15) is 4.31 Å². The maximum atomic E-state index is 12.9. The number of rotatable bonds is 7. The molecular formula is C26H31N3O4S. The SMILES string of the molecule is Cc1ccc(-c2cnc(CCC(=O)Nc3ccc(S(=O)(=O)N4CCCC(C)C4)cc3)o2)cc1C. The Hall–Kier alpha value is -2.97. The van der Waals surface area contributed by atoms with Gasteiger partial charge in [-0.25, -0.2) is 13.4 Å².